The fourth-order valence-corrected chi connectivity index (χ4v) is 2.47. The minimum absolute atomic E-state index is 0.630. The number of nitrogens with zero attached hydrogens (tertiary/aromatic N) is 2. The molecule has 0 fully saturated rings. The van der Waals surface area contributed by atoms with Gasteiger partial charge in [-0.15, -0.1) is 0 Å². The van der Waals surface area contributed by atoms with Crippen molar-refractivity contribution in [3.63, 3.8) is 0 Å². The molecule has 1 aromatic heterocycles. The Hall–Kier alpha value is -2.38. The molecule has 0 spiro atoms. The van der Waals surface area contributed by atoms with Gasteiger partial charge in [0.2, 0.25) is 0 Å². The van der Waals surface area contributed by atoms with Gasteiger partial charge in [-0.05, 0) is 58.4 Å². The zero-order valence-corrected chi connectivity index (χ0v) is 12.1. The Bertz CT molecular complexity index is 821. The van der Waals surface area contributed by atoms with E-state index in [1.165, 1.54) is 0 Å². The van der Waals surface area contributed by atoms with Crippen molar-refractivity contribution < 1.29 is 0 Å². The minimum atomic E-state index is 0.630. The molecule has 0 unspecified atom stereocenters. The van der Waals surface area contributed by atoms with Crippen LogP contribution >= 0.6 is 15.9 Å². The third-order valence-electron chi connectivity index (χ3n) is 2.98. The van der Waals surface area contributed by atoms with E-state index in [9.17, 15) is 0 Å². The van der Waals surface area contributed by atoms with Crippen molar-refractivity contribution in [2.75, 3.05) is 5.32 Å². The lowest BCUT2D eigenvalue weighted by Crippen LogP contribution is -1.92. The number of hydrogen-bond donors (Lipinski definition) is 1. The van der Waals surface area contributed by atoms with E-state index < -0.39 is 0 Å². The highest BCUT2D eigenvalue weighted by Gasteiger charge is 2.03. The second kappa shape index (κ2) is 5.32. The van der Waals surface area contributed by atoms with E-state index in [0.29, 0.717) is 5.56 Å². The second-order valence-corrected chi connectivity index (χ2v) is 5.20. The van der Waals surface area contributed by atoms with Crippen molar-refractivity contribution in [1.82, 2.24) is 4.98 Å². The van der Waals surface area contributed by atoms with Crippen molar-refractivity contribution >= 4 is 38.2 Å². The molecular weight excluding hydrogens is 314 g/mol. The Kier molecular flexibility index (Phi) is 3.36. The van der Waals surface area contributed by atoms with Crippen LogP contribution in [0.25, 0.3) is 10.9 Å². The number of rotatable bonds is 2. The lowest BCUT2D eigenvalue weighted by Gasteiger charge is -2.09. The van der Waals surface area contributed by atoms with Crippen LogP contribution in [0, 0.1) is 11.3 Å². The lowest BCUT2D eigenvalue weighted by molar-refractivity contribution is 1.41. The predicted octanol–water partition coefficient (Wildman–Crippen LogP) is 4.61. The summed E-state index contributed by atoms with van der Waals surface area (Å²) in [5.41, 5.74) is 3.50. The molecule has 20 heavy (non-hydrogen) atoms. The van der Waals surface area contributed by atoms with Gasteiger partial charge in [-0.25, -0.2) is 0 Å². The molecule has 4 heteroatoms. The maximum atomic E-state index is 8.86. The minimum Gasteiger partial charge on any atom is -0.355 e. The van der Waals surface area contributed by atoms with Crippen molar-refractivity contribution in [3.05, 3.63) is 64.8 Å². The summed E-state index contributed by atoms with van der Waals surface area (Å²) in [6.45, 7) is 0. The third-order valence-corrected chi connectivity index (χ3v) is 3.64. The summed E-state index contributed by atoms with van der Waals surface area (Å²) >= 11 is 3.47. The van der Waals surface area contributed by atoms with Crippen LogP contribution in [0.3, 0.4) is 0 Å². The van der Waals surface area contributed by atoms with Gasteiger partial charge in [0.1, 0.15) is 0 Å². The Labute approximate surface area is 125 Å². The molecule has 0 atom stereocenters. The van der Waals surface area contributed by atoms with Crippen LogP contribution in [-0.4, -0.2) is 4.98 Å². The molecule has 3 rings (SSSR count). The van der Waals surface area contributed by atoms with Crippen LogP contribution in [0.2, 0.25) is 0 Å². The summed E-state index contributed by atoms with van der Waals surface area (Å²) in [6, 6.07) is 17.6. The quantitative estimate of drug-likeness (QED) is 0.749. The predicted molar refractivity (Wildman–Crippen MR) is 83.9 cm³/mol. The first-order chi connectivity index (χ1) is 9.76. The molecule has 0 aliphatic carbocycles. The number of fused-ring (bicyclic) bond motifs is 1. The summed E-state index contributed by atoms with van der Waals surface area (Å²) in [5.74, 6) is 0. The number of aromatic nitrogens is 1. The highest BCUT2D eigenvalue weighted by Crippen LogP contribution is 2.28. The Morgan fingerprint density at radius 1 is 1.10 bits per heavy atom. The van der Waals surface area contributed by atoms with E-state index in [0.717, 1.165) is 26.8 Å². The monoisotopic (exact) mass is 323 g/mol. The topological polar surface area (TPSA) is 48.7 Å². The number of pyridine rings is 1. The number of nitrogens with one attached hydrogen (secondary N) is 1. The van der Waals surface area contributed by atoms with E-state index in [1.54, 1.807) is 18.3 Å². The van der Waals surface area contributed by atoms with Gasteiger partial charge in [-0.3, -0.25) is 4.98 Å². The van der Waals surface area contributed by atoms with Gasteiger partial charge >= 0.3 is 0 Å². The molecule has 0 radical (unpaired) electrons. The molecule has 2 aromatic carbocycles. The van der Waals surface area contributed by atoms with E-state index >= 15 is 0 Å². The maximum Gasteiger partial charge on any atom is 0.0992 e. The molecule has 0 aliphatic rings. The SMILES string of the molecule is N#Cc1ccc(Nc2ccc3ncccc3c2)c(Br)c1. The van der Waals surface area contributed by atoms with Crippen LogP contribution in [-0.2, 0) is 0 Å². The first-order valence-electron chi connectivity index (χ1n) is 6.08. The number of hydrogen-bond acceptors (Lipinski definition) is 3. The van der Waals surface area contributed by atoms with Gasteiger partial charge in [0.15, 0.2) is 0 Å². The Balaban J connectivity index is 1.95. The van der Waals surface area contributed by atoms with E-state index in [4.69, 9.17) is 5.26 Å². The highest BCUT2D eigenvalue weighted by molar-refractivity contribution is 9.10. The van der Waals surface area contributed by atoms with Gasteiger partial charge in [0, 0.05) is 21.7 Å². The van der Waals surface area contributed by atoms with Gasteiger partial charge in [-0.1, -0.05) is 6.07 Å². The zero-order chi connectivity index (χ0) is 13.9. The molecule has 0 amide bonds. The van der Waals surface area contributed by atoms with Crippen LogP contribution < -0.4 is 5.32 Å². The molecule has 1 heterocycles. The standard InChI is InChI=1S/C16H10BrN3/c17-14-8-11(10-18)3-5-16(14)20-13-4-6-15-12(9-13)2-1-7-19-15/h1-9,20H. The Morgan fingerprint density at radius 3 is 2.80 bits per heavy atom. The van der Waals surface area contributed by atoms with Gasteiger partial charge < -0.3 is 5.32 Å². The molecular formula is C16H10BrN3. The van der Waals surface area contributed by atoms with Crippen LogP contribution in [0.4, 0.5) is 11.4 Å². The molecule has 0 saturated heterocycles. The summed E-state index contributed by atoms with van der Waals surface area (Å²) in [4.78, 5) is 4.30. The molecule has 0 saturated carbocycles. The largest absolute Gasteiger partial charge is 0.355 e. The summed E-state index contributed by atoms with van der Waals surface area (Å²) in [5, 5.41) is 13.3. The summed E-state index contributed by atoms with van der Waals surface area (Å²) in [7, 11) is 0. The molecule has 3 aromatic rings. The zero-order valence-electron chi connectivity index (χ0n) is 10.5. The molecule has 0 bridgehead atoms. The van der Waals surface area contributed by atoms with Gasteiger partial charge in [-0.2, -0.15) is 5.26 Å². The number of anilines is 2. The average Bonchev–Trinajstić information content (AvgIpc) is 2.49. The van der Waals surface area contributed by atoms with E-state index in [2.05, 4.69) is 32.3 Å². The summed E-state index contributed by atoms with van der Waals surface area (Å²) < 4.78 is 0.864. The van der Waals surface area contributed by atoms with Crippen LogP contribution in [0.5, 0.6) is 0 Å². The normalized spacial score (nSPS) is 10.2. The van der Waals surface area contributed by atoms with Crippen molar-refractivity contribution in [2.45, 2.75) is 0 Å². The number of halogens is 1. The first kappa shape index (κ1) is 12.6. The molecule has 1 N–H and O–H groups in total. The van der Waals surface area contributed by atoms with E-state index in [-0.39, 0.29) is 0 Å². The first-order valence-corrected chi connectivity index (χ1v) is 6.87. The highest BCUT2D eigenvalue weighted by atomic mass is 79.9. The number of nitriles is 1. The lowest BCUT2D eigenvalue weighted by atomic mass is 10.2. The summed E-state index contributed by atoms with van der Waals surface area (Å²) in [6.07, 6.45) is 1.78. The number of benzene rings is 2. The van der Waals surface area contributed by atoms with Crippen LogP contribution in [0.1, 0.15) is 5.56 Å². The average molecular weight is 324 g/mol. The van der Waals surface area contributed by atoms with Crippen molar-refractivity contribution in [1.29, 1.82) is 5.26 Å². The van der Waals surface area contributed by atoms with Crippen molar-refractivity contribution in [3.8, 4) is 6.07 Å². The van der Waals surface area contributed by atoms with Gasteiger partial charge in [0.25, 0.3) is 0 Å². The Morgan fingerprint density at radius 2 is 2.00 bits per heavy atom. The van der Waals surface area contributed by atoms with E-state index in [1.807, 2.05) is 36.4 Å². The second-order valence-electron chi connectivity index (χ2n) is 4.34. The third kappa shape index (κ3) is 2.49. The fraction of sp³-hybridized carbons (Fsp3) is 0. The van der Waals surface area contributed by atoms with Crippen LogP contribution in [0.15, 0.2) is 59.2 Å². The maximum absolute atomic E-state index is 8.86. The molecule has 0 aliphatic heterocycles. The van der Waals surface area contributed by atoms with Crippen molar-refractivity contribution in [2.24, 2.45) is 0 Å². The molecule has 3 nitrogen and oxygen atoms in total. The molecule has 96 valence electrons. The fourth-order valence-electron chi connectivity index (χ4n) is 1.99. The smallest absolute Gasteiger partial charge is 0.0992 e. The van der Waals surface area contributed by atoms with Gasteiger partial charge in [0.05, 0.1) is 22.8 Å².